The molecule has 0 aromatic heterocycles. The SMILES string of the molecule is CC(C(N)=O)N1CCCO1. The van der Waals surface area contributed by atoms with Crippen molar-refractivity contribution in [2.24, 2.45) is 5.73 Å². The summed E-state index contributed by atoms with van der Waals surface area (Å²) in [5.41, 5.74) is 5.06. The lowest BCUT2D eigenvalue weighted by molar-refractivity contribution is -0.155. The molecule has 0 radical (unpaired) electrons. The molecule has 1 saturated heterocycles. The highest BCUT2D eigenvalue weighted by atomic mass is 16.7. The molecule has 0 saturated carbocycles. The topological polar surface area (TPSA) is 55.6 Å². The molecule has 0 aromatic rings. The normalized spacial score (nSPS) is 22.9. The van der Waals surface area contributed by atoms with E-state index >= 15 is 0 Å². The maximum absolute atomic E-state index is 10.6. The van der Waals surface area contributed by atoms with Gasteiger partial charge in [0.2, 0.25) is 5.91 Å². The molecule has 0 bridgehead atoms. The lowest BCUT2D eigenvalue weighted by Gasteiger charge is -2.18. The molecule has 0 aliphatic carbocycles. The highest BCUT2D eigenvalue weighted by molar-refractivity contribution is 5.79. The molecule has 58 valence electrons. The van der Waals surface area contributed by atoms with E-state index in [1.165, 1.54) is 0 Å². The van der Waals surface area contributed by atoms with E-state index in [0.717, 1.165) is 13.0 Å². The maximum Gasteiger partial charge on any atom is 0.236 e. The summed E-state index contributed by atoms with van der Waals surface area (Å²) in [5, 5.41) is 1.63. The summed E-state index contributed by atoms with van der Waals surface area (Å²) in [7, 11) is 0. The molecule has 1 unspecified atom stereocenters. The van der Waals surface area contributed by atoms with Crippen LogP contribution in [0.25, 0.3) is 0 Å². The predicted molar refractivity (Wildman–Crippen MR) is 35.9 cm³/mol. The van der Waals surface area contributed by atoms with Crippen molar-refractivity contribution in [3.8, 4) is 0 Å². The second-order valence-corrected chi connectivity index (χ2v) is 2.41. The van der Waals surface area contributed by atoms with E-state index < -0.39 is 0 Å². The van der Waals surface area contributed by atoms with E-state index in [-0.39, 0.29) is 11.9 Å². The van der Waals surface area contributed by atoms with Gasteiger partial charge in [0, 0.05) is 6.54 Å². The van der Waals surface area contributed by atoms with Gasteiger partial charge in [-0.1, -0.05) is 0 Å². The van der Waals surface area contributed by atoms with Crippen molar-refractivity contribution in [3.63, 3.8) is 0 Å². The average Bonchev–Trinajstić information content (AvgIpc) is 2.36. The molecule has 4 nitrogen and oxygen atoms in total. The molecule has 1 heterocycles. The number of carbonyl (C=O) groups excluding carboxylic acids is 1. The summed E-state index contributed by atoms with van der Waals surface area (Å²) in [6.45, 7) is 3.26. The van der Waals surface area contributed by atoms with Crippen molar-refractivity contribution in [1.82, 2.24) is 5.06 Å². The number of hydrogen-bond donors (Lipinski definition) is 1. The van der Waals surface area contributed by atoms with Crippen LogP contribution in [0.2, 0.25) is 0 Å². The predicted octanol–water partition coefficient (Wildman–Crippen LogP) is -0.502. The summed E-state index contributed by atoms with van der Waals surface area (Å²) in [6, 6.07) is -0.289. The third-order valence-corrected chi connectivity index (χ3v) is 1.62. The molecule has 0 spiro atoms. The average molecular weight is 144 g/mol. The van der Waals surface area contributed by atoms with Crippen molar-refractivity contribution >= 4 is 5.91 Å². The van der Waals surface area contributed by atoms with Crippen molar-refractivity contribution in [2.75, 3.05) is 13.2 Å². The Hall–Kier alpha value is -0.610. The van der Waals surface area contributed by atoms with E-state index in [1.807, 2.05) is 0 Å². The van der Waals surface area contributed by atoms with Crippen LogP contribution in [0.5, 0.6) is 0 Å². The van der Waals surface area contributed by atoms with Gasteiger partial charge in [-0.05, 0) is 13.3 Å². The minimum Gasteiger partial charge on any atom is -0.368 e. The number of rotatable bonds is 2. The van der Waals surface area contributed by atoms with Gasteiger partial charge in [0.05, 0.1) is 6.61 Å². The second-order valence-electron chi connectivity index (χ2n) is 2.41. The van der Waals surface area contributed by atoms with Crippen LogP contribution in [0.3, 0.4) is 0 Å². The molecule has 4 heteroatoms. The van der Waals surface area contributed by atoms with Gasteiger partial charge >= 0.3 is 0 Å². The van der Waals surface area contributed by atoms with Gasteiger partial charge in [-0.25, -0.2) is 0 Å². The van der Waals surface area contributed by atoms with Crippen LogP contribution in [-0.2, 0) is 9.63 Å². The number of carbonyl (C=O) groups is 1. The highest BCUT2D eigenvalue weighted by Gasteiger charge is 2.22. The summed E-state index contributed by atoms with van der Waals surface area (Å²) in [5.74, 6) is -0.332. The maximum atomic E-state index is 10.6. The highest BCUT2D eigenvalue weighted by Crippen LogP contribution is 2.07. The van der Waals surface area contributed by atoms with Gasteiger partial charge in [0.25, 0.3) is 0 Å². The van der Waals surface area contributed by atoms with E-state index in [4.69, 9.17) is 10.6 Å². The Kier molecular flexibility index (Phi) is 2.24. The van der Waals surface area contributed by atoms with Crippen molar-refractivity contribution in [1.29, 1.82) is 0 Å². The largest absolute Gasteiger partial charge is 0.368 e. The molecule has 1 amide bonds. The van der Waals surface area contributed by atoms with Gasteiger partial charge < -0.3 is 5.73 Å². The molecule has 1 fully saturated rings. The van der Waals surface area contributed by atoms with Crippen LogP contribution >= 0.6 is 0 Å². The number of amides is 1. The van der Waals surface area contributed by atoms with Gasteiger partial charge in [-0.3, -0.25) is 9.63 Å². The monoisotopic (exact) mass is 144 g/mol. The summed E-state index contributed by atoms with van der Waals surface area (Å²) in [4.78, 5) is 15.7. The first kappa shape index (κ1) is 7.50. The van der Waals surface area contributed by atoms with Crippen molar-refractivity contribution < 1.29 is 9.63 Å². The second kappa shape index (κ2) is 2.98. The van der Waals surface area contributed by atoms with Crippen LogP contribution in [-0.4, -0.2) is 30.2 Å². The van der Waals surface area contributed by atoms with Crippen LogP contribution in [0.1, 0.15) is 13.3 Å². The van der Waals surface area contributed by atoms with E-state index in [1.54, 1.807) is 12.0 Å². The lowest BCUT2D eigenvalue weighted by Crippen LogP contribution is -2.40. The lowest BCUT2D eigenvalue weighted by atomic mass is 10.3. The first-order valence-corrected chi connectivity index (χ1v) is 3.40. The fourth-order valence-corrected chi connectivity index (χ4v) is 0.914. The summed E-state index contributed by atoms with van der Waals surface area (Å²) < 4.78 is 0. The van der Waals surface area contributed by atoms with Gasteiger partial charge in [0.15, 0.2) is 0 Å². The minimum absolute atomic E-state index is 0.289. The molecule has 1 atom stereocenters. The number of nitrogens with two attached hydrogens (primary N) is 1. The number of nitrogens with zero attached hydrogens (tertiary/aromatic N) is 1. The standard InChI is InChI=1S/C6H12N2O2/c1-5(6(7)9)8-3-2-4-10-8/h5H,2-4H2,1H3,(H2,7,9). The Labute approximate surface area is 59.9 Å². The third kappa shape index (κ3) is 1.46. The van der Waals surface area contributed by atoms with E-state index in [2.05, 4.69) is 0 Å². The smallest absolute Gasteiger partial charge is 0.236 e. The Morgan fingerprint density at radius 1 is 1.80 bits per heavy atom. The zero-order valence-electron chi connectivity index (χ0n) is 6.04. The molecule has 2 N–H and O–H groups in total. The summed E-state index contributed by atoms with van der Waals surface area (Å²) >= 11 is 0. The van der Waals surface area contributed by atoms with E-state index in [0.29, 0.717) is 6.61 Å². The molecule has 1 aliphatic heterocycles. The third-order valence-electron chi connectivity index (χ3n) is 1.62. The molecule has 1 aliphatic rings. The quantitative estimate of drug-likeness (QED) is 0.568. The number of primary amides is 1. The Morgan fingerprint density at radius 3 is 2.90 bits per heavy atom. The van der Waals surface area contributed by atoms with Crippen molar-refractivity contribution in [2.45, 2.75) is 19.4 Å². The fourth-order valence-electron chi connectivity index (χ4n) is 0.914. The summed E-state index contributed by atoms with van der Waals surface area (Å²) in [6.07, 6.45) is 0.984. The van der Waals surface area contributed by atoms with Crippen LogP contribution < -0.4 is 5.73 Å². The number of hydroxylamine groups is 2. The van der Waals surface area contributed by atoms with Gasteiger partial charge in [-0.15, -0.1) is 0 Å². The zero-order chi connectivity index (χ0) is 7.56. The molecule has 10 heavy (non-hydrogen) atoms. The first-order valence-electron chi connectivity index (χ1n) is 3.40. The van der Waals surface area contributed by atoms with Crippen LogP contribution in [0, 0.1) is 0 Å². The minimum atomic E-state index is -0.332. The Morgan fingerprint density at radius 2 is 2.50 bits per heavy atom. The van der Waals surface area contributed by atoms with E-state index in [9.17, 15) is 4.79 Å². The van der Waals surface area contributed by atoms with Crippen LogP contribution in [0.15, 0.2) is 0 Å². The molecular formula is C6H12N2O2. The molecular weight excluding hydrogens is 132 g/mol. The number of hydrogen-bond acceptors (Lipinski definition) is 3. The molecule has 0 aromatic carbocycles. The Bertz CT molecular complexity index is 132. The van der Waals surface area contributed by atoms with Gasteiger partial charge in [-0.2, -0.15) is 5.06 Å². The molecule has 1 rings (SSSR count). The van der Waals surface area contributed by atoms with Crippen LogP contribution in [0.4, 0.5) is 0 Å². The fraction of sp³-hybridized carbons (Fsp3) is 0.833. The first-order chi connectivity index (χ1) is 4.72. The van der Waals surface area contributed by atoms with Crippen molar-refractivity contribution in [3.05, 3.63) is 0 Å². The zero-order valence-corrected chi connectivity index (χ0v) is 6.04. The Balaban J connectivity index is 2.39. The van der Waals surface area contributed by atoms with Gasteiger partial charge in [0.1, 0.15) is 6.04 Å².